The van der Waals surface area contributed by atoms with Crippen molar-refractivity contribution >= 4 is 23.4 Å². The molecule has 2 aliphatic rings. The fourth-order valence-electron chi connectivity index (χ4n) is 5.33. The molecule has 1 saturated heterocycles. The first-order chi connectivity index (χ1) is 16.5. The number of ether oxygens (including phenoxy) is 1. The molecule has 0 N–H and O–H groups in total. The highest BCUT2D eigenvalue weighted by Crippen LogP contribution is 2.38. The van der Waals surface area contributed by atoms with E-state index < -0.39 is 0 Å². The highest BCUT2D eigenvalue weighted by molar-refractivity contribution is 6.33. The maximum atomic E-state index is 13.1. The van der Waals surface area contributed by atoms with Gasteiger partial charge in [0.05, 0.1) is 17.2 Å². The number of piperidine rings is 1. The minimum absolute atomic E-state index is 0.00220. The summed E-state index contributed by atoms with van der Waals surface area (Å²) in [6, 6.07) is 15.5. The SMILES string of the molecule is CN1CC2(CCCCc3ccccc3OCCCC1=O)CCN(C(=O)c1ccccc1Cl)CC2. The number of rotatable bonds is 1. The quantitative estimate of drug-likeness (QED) is 0.531. The second-order valence-corrected chi connectivity index (χ2v) is 10.2. The highest BCUT2D eigenvalue weighted by atomic mass is 35.5. The molecule has 1 spiro atoms. The number of fused-ring (bicyclic) bond motifs is 1. The number of hydrogen-bond donors (Lipinski definition) is 0. The van der Waals surface area contributed by atoms with Crippen LogP contribution in [-0.4, -0.2) is 54.9 Å². The fourth-order valence-corrected chi connectivity index (χ4v) is 5.55. The van der Waals surface area contributed by atoms with Gasteiger partial charge in [0.25, 0.3) is 5.91 Å². The van der Waals surface area contributed by atoms with Crippen LogP contribution in [0.2, 0.25) is 5.02 Å². The Morgan fingerprint density at radius 3 is 2.47 bits per heavy atom. The van der Waals surface area contributed by atoms with Gasteiger partial charge in [0.2, 0.25) is 5.91 Å². The van der Waals surface area contributed by atoms with E-state index in [1.54, 1.807) is 12.1 Å². The Bertz CT molecular complexity index is 1000. The maximum Gasteiger partial charge on any atom is 0.255 e. The minimum atomic E-state index is 0.00220. The van der Waals surface area contributed by atoms with Crippen LogP contribution >= 0.6 is 11.6 Å². The van der Waals surface area contributed by atoms with Crippen LogP contribution in [0, 0.1) is 5.41 Å². The monoisotopic (exact) mass is 482 g/mol. The third kappa shape index (κ3) is 5.93. The molecule has 2 heterocycles. The largest absolute Gasteiger partial charge is 0.493 e. The van der Waals surface area contributed by atoms with E-state index in [4.69, 9.17) is 16.3 Å². The average molecular weight is 483 g/mol. The third-order valence-corrected chi connectivity index (χ3v) is 7.71. The van der Waals surface area contributed by atoms with Crippen molar-refractivity contribution in [3.63, 3.8) is 0 Å². The predicted molar refractivity (Wildman–Crippen MR) is 135 cm³/mol. The van der Waals surface area contributed by atoms with Crippen LogP contribution in [0.1, 0.15) is 60.9 Å². The maximum absolute atomic E-state index is 13.1. The number of nitrogens with zero attached hydrogens (tertiary/aromatic N) is 2. The summed E-state index contributed by atoms with van der Waals surface area (Å²) in [4.78, 5) is 29.7. The van der Waals surface area contributed by atoms with Crippen LogP contribution in [0.25, 0.3) is 0 Å². The lowest BCUT2D eigenvalue weighted by Crippen LogP contribution is -2.48. The smallest absolute Gasteiger partial charge is 0.255 e. The van der Waals surface area contributed by atoms with Gasteiger partial charge in [-0.3, -0.25) is 9.59 Å². The molecular weight excluding hydrogens is 448 g/mol. The van der Waals surface area contributed by atoms with Crippen LogP contribution < -0.4 is 4.74 Å². The first-order valence-corrected chi connectivity index (χ1v) is 12.8. The van der Waals surface area contributed by atoms with Crippen molar-refractivity contribution in [3.8, 4) is 5.75 Å². The van der Waals surface area contributed by atoms with Gasteiger partial charge in [-0.15, -0.1) is 0 Å². The number of halogens is 1. The first kappa shape index (κ1) is 24.6. The molecule has 0 aliphatic carbocycles. The van der Waals surface area contributed by atoms with Crippen molar-refractivity contribution < 1.29 is 14.3 Å². The number of carbonyl (C=O) groups is 2. The Morgan fingerprint density at radius 1 is 0.941 bits per heavy atom. The van der Waals surface area contributed by atoms with E-state index in [9.17, 15) is 9.59 Å². The summed E-state index contributed by atoms with van der Waals surface area (Å²) < 4.78 is 5.99. The molecule has 34 heavy (non-hydrogen) atoms. The second-order valence-electron chi connectivity index (χ2n) is 9.79. The fraction of sp³-hybridized carbons (Fsp3) is 0.500. The third-order valence-electron chi connectivity index (χ3n) is 7.38. The van der Waals surface area contributed by atoms with Crippen molar-refractivity contribution in [2.45, 2.75) is 51.4 Å². The number of amides is 2. The Morgan fingerprint density at radius 2 is 1.68 bits per heavy atom. The molecular formula is C28H35ClN2O3. The van der Waals surface area contributed by atoms with Gasteiger partial charge < -0.3 is 14.5 Å². The molecule has 1 fully saturated rings. The first-order valence-electron chi connectivity index (χ1n) is 12.5. The summed E-state index contributed by atoms with van der Waals surface area (Å²) in [7, 11) is 1.92. The van der Waals surface area contributed by atoms with Gasteiger partial charge >= 0.3 is 0 Å². The Hall–Kier alpha value is -2.53. The van der Waals surface area contributed by atoms with E-state index in [1.165, 1.54) is 5.56 Å². The van der Waals surface area contributed by atoms with Crippen LogP contribution in [-0.2, 0) is 11.2 Å². The second kappa shape index (κ2) is 11.3. The molecule has 0 atom stereocenters. The zero-order valence-corrected chi connectivity index (χ0v) is 20.9. The molecule has 182 valence electrons. The minimum Gasteiger partial charge on any atom is -0.493 e. The van der Waals surface area contributed by atoms with Crippen molar-refractivity contribution in [2.75, 3.05) is 33.3 Å². The molecule has 0 aromatic heterocycles. The number of carbonyl (C=O) groups excluding carboxylic acids is 2. The number of likely N-dealkylation sites (tertiary alicyclic amines) is 1. The zero-order chi connectivity index (χ0) is 24.0. The van der Waals surface area contributed by atoms with E-state index >= 15 is 0 Å². The van der Waals surface area contributed by atoms with E-state index in [0.29, 0.717) is 43.1 Å². The van der Waals surface area contributed by atoms with Gasteiger partial charge in [-0.2, -0.15) is 0 Å². The van der Waals surface area contributed by atoms with Gasteiger partial charge in [-0.05, 0) is 67.7 Å². The molecule has 0 saturated carbocycles. The normalized spacial score (nSPS) is 19.8. The molecule has 2 aromatic carbocycles. The number of benzene rings is 2. The van der Waals surface area contributed by atoms with Gasteiger partial charge in [-0.1, -0.05) is 48.4 Å². The van der Waals surface area contributed by atoms with E-state index in [-0.39, 0.29) is 17.2 Å². The number of hydrogen-bond acceptors (Lipinski definition) is 3. The van der Waals surface area contributed by atoms with Crippen molar-refractivity contribution in [3.05, 3.63) is 64.7 Å². The average Bonchev–Trinajstić information content (AvgIpc) is 2.85. The van der Waals surface area contributed by atoms with Gasteiger partial charge in [0, 0.05) is 33.1 Å². The van der Waals surface area contributed by atoms with Crippen molar-refractivity contribution in [1.82, 2.24) is 9.80 Å². The van der Waals surface area contributed by atoms with E-state index in [1.807, 2.05) is 41.1 Å². The van der Waals surface area contributed by atoms with Gasteiger partial charge in [-0.25, -0.2) is 0 Å². The molecule has 5 nitrogen and oxygen atoms in total. The lowest BCUT2D eigenvalue weighted by atomic mass is 9.73. The number of para-hydroxylation sites is 1. The Balaban J connectivity index is 1.45. The summed E-state index contributed by atoms with van der Waals surface area (Å²) in [5.74, 6) is 1.12. The number of aryl methyl sites for hydroxylation is 1. The van der Waals surface area contributed by atoms with Crippen LogP contribution in [0.15, 0.2) is 48.5 Å². The summed E-state index contributed by atoms with van der Waals surface area (Å²) >= 11 is 6.28. The molecule has 2 aliphatic heterocycles. The lowest BCUT2D eigenvalue weighted by Gasteiger charge is -2.44. The van der Waals surface area contributed by atoms with E-state index in [2.05, 4.69) is 12.1 Å². The Kier molecular flexibility index (Phi) is 8.15. The van der Waals surface area contributed by atoms with E-state index in [0.717, 1.165) is 50.8 Å². The van der Waals surface area contributed by atoms with Crippen molar-refractivity contribution in [2.24, 2.45) is 5.41 Å². The molecule has 6 heteroatoms. The molecule has 2 aromatic rings. The predicted octanol–water partition coefficient (Wildman–Crippen LogP) is 5.61. The molecule has 2 amide bonds. The van der Waals surface area contributed by atoms with Crippen LogP contribution in [0.5, 0.6) is 5.75 Å². The summed E-state index contributed by atoms with van der Waals surface area (Å²) in [5.41, 5.74) is 1.86. The van der Waals surface area contributed by atoms with Gasteiger partial charge in [0.1, 0.15) is 5.75 Å². The molecule has 0 unspecified atom stereocenters. The van der Waals surface area contributed by atoms with Crippen molar-refractivity contribution in [1.29, 1.82) is 0 Å². The summed E-state index contributed by atoms with van der Waals surface area (Å²) in [6.07, 6.45) is 7.24. The topological polar surface area (TPSA) is 49.9 Å². The highest BCUT2D eigenvalue weighted by Gasteiger charge is 2.37. The van der Waals surface area contributed by atoms with Crippen LogP contribution in [0.3, 0.4) is 0 Å². The Labute approximate surface area is 208 Å². The zero-order valence-electron chi connectivity index (χ0n) is 20.1. The van der Waals surface area contributed by atoms with Crippen LogP contribution in [0.4, 0.5) is 0 Å². The standard InChI is InChI=1S/C28H35ClN2O3/c1-30-21-28(16-18-31(19-17-28)27(33)23-11-3-4-12-24(23)29)15-7-6-10-22-9-2-5-13-25(22)34-20-8-14-26(30)32/h2-5,9,11-13H,6-8,10,14-21H2,1H3. The summed E-state index contributed by atoms with van der Waals surface area (Å²) in [6.45, 7) is 2.70. The van der Waals surface area contributed by atoms with Gasteiger partial charge in [0.15, 0.2) is 0 Å². The summed E-state index contributed by atoms with van der Waals surface area (Å²) in [5, 5.41) is 0.500. The molecule has 4 rings (SSSR count). The molecule has 0 radical (unpaired) electrons. The lowest BCUT2D eigenvalue weighted by molar-refractivity contribution is -0.132. The molecule has 0 bridgehead atoms.